The smallest absolute Gasteiger partial charge is 0.118 e. The summed E-state index contributed by atoms with van der Waals surface area (Å²) in [6.45, 7) is 2.72. The van der Waals surface area contributed by atoms with Gasteiger partial charge in [0.2, 0.25) is 0 Å². The molecule has 0 atom stereocenters. The van der Waals surface area contributed by atoms with Gasteiger partial charge in [0, 0.05) is 0 Å². The van der Waals surface area contributed by atoms with Gasteiger partial charge in [0.25, 0.3) is 10.2 Å². The maximum absolute atomic E-state index is 12.0. The fourth-order valence-electron chi connectivity index (χ4n) is 0.943. The van der Waals surface area contributed by atoms with E-state index in [0.29, 0.717) is 0 Å². The number of alkyl halides is 1. The third-order valence-corrected chi connectivity index (χ3v) is 3.72. The molecule has 0 aliphatic heterocycles. The Labute approximate surface area is 79.2 Å². The van der Waals surface area contributed by atoms with Crippen LogP contribution in [0.15, 0.2) is 0 Å². The molecule has 0 amide bonds. The maximum Gasteiger partial charge on any atom is 0.287 e. The molecule has 0 spiro atoms. The second-order valence-corrected chi connectivity index (χ2v) is 6.48. The molecule has 0 fully saturated rings. The number of halogens is 6. The van der Waals surface area contributed by atoms with Crippen molar-refractivity contribution in [2.75, 3.05) is 5.75 Å². The molecule has 0 aromatic rings. The first-order valence-electron chi connectivity index (χ1n) is 3.72. The first kappa shape index (κ1) is 13.3. The van der Waals surface area contributed by atoms with Crippen molar-refractivity contribution in [3.63, 3.8) is 0 Å². The molecular formula is C6H12ClF5S. The minimum absolute atomic E-state index is 0.128. The van der Waals surface area contributed by atoms with E-state index in [1.165, 1.54) is 13.8 Å². The van der Waals surface area contributed by atoms with Crippen molar-refractivity contribution in [2.45, 2.75) is 31.6 Å². The van der Waals surface area contributed by atoms with Crippen LogP contribution in [0.2, 0.25) is 0 Å². The van der Waals surface area contributed by atoms with Crippen LogP contribution in [0.1, 0.15) is 26.7 Å². The van der Waals surface area contributed by atoms with Crippen molar-refractivity contribution in [1.29, 1.82) is 0 Å². The Hall–Kier alpha value is 0.290. The lowest BCUT2D eigenvalue weighted by Gasteiger charge is -2.45. The highest BCUT2D eigenvalue weighted by Crippen LogP contribution is 2.98. The molecule has 7 heteroatoms. The molecule has 0 bridgehead atoms. The number of hydrogen-bond acceptors (Lipinski definition) is 0. The van der Waals surface area contributed by atoms with Crippen molar-refractivity contribution < 1.29 is 19.4 Å². The second-order valence-electron chi connectivity index (χ2n) is 3.13. The lowest BCUT2D eigenvalue weighted by atomic mass is 10.1. The van der Waals surface area contributed by atoms with Gasteiger partial charge in [-0.1, -0.05) is 33.3 Å². The third-order valence-electron chi connectivity index (χ3n) is 1.80. The van der Waals surface area contributed by atoms with Crippen molar-refractivity contribution in [3.05, 3.63) is 0 Å². The standard InChI is InChI=1S/C6H12ClF5S/c1-3-6(7,4-2)5-13(8,9,10,11)12/h3-5H2,1-2H3. The summed E-state index contributed by atoms with van der Waals surface area (Å²) < 4.78 is 60.0. The minimum atomic E-state index is -9.36. The van der Waals surface area contributed by atoms with Crippen LogP contribution in [0.5, 0.6) is 0 Å². The molecule has 0 aromatic carbocycles. The van der Waals surface area contributed by atoms with Gasteiger partial charge in [-0.05, 0) is 12.8 Å². The van der Waals surface area contributed by atoms with Crippen LogP contribution in [0.4, 0.5) is 19.4 Å². The van der Waals surface area contributed by atoms with Gasteiger partial charge in [-0.2, -0.15) is 0 Å². The quantitative estimate of drug-likeness (QED) is 0.479. The first-order chi connectivity index (χ1) is 5.30. The Balaban J connectivity index is 4.82. The van der Waals surface area contributed by atoms with Crippen molar-refractivity contribution in [3.8, 4) is 0 Å². The number of hydrogen-bond donors (Lipinski definition) is 0. The zero-order valence-electron chi connectivity index (χ0n) is 7.30. The predicted octanol–water partition coefficient (Wildman–Crippen LogP) is 5.08. The molecule has 0 heterocycles. The Morgan fingerprint density at radius 1 is 1.00 bits per heavy atom. The molecule has 0 rings (SSSR count). The summed E-state index contributed by atoms with van der Waals surface area (Å²) in [6.07, 6.45) is -0.257. The molecular weight excluding hydrogens is 235 g/mol. The summed E-state index contributed by atoms with van der Waals surface area (Å²) in [5, 5.41) is 0. The van der Waals surface area contributed by atoms with Crippen LogP contribution in [-0.2, 0) is 0 Å². The Kier molecular flexibility index (Phi) is 2.71. The molecule has 0 saturated heterocycles. The number of rotatable bonds is 4. The van der Waals surface area contributed by atoms with Crippen molar-refractivity contribution in [2.24, 2.45) is 0 Å². The van der Waals surface area contributed by atoms with Crippen LogP contribution >= 0.6 is 21.8 Å². The normalized spacial score (nSPS) is 19.4. The van der Waals surface area contributed by atoms with Gasteiger partial charge in [-0.3, -0.25) is 0 Å². The fourth-order valence-corrected chi connectivity index (χ4v) is 2.95. The molecule has 0 nitrogen and oxygen atoms in total. The molecule has 13 heavy (non-hydrogen) atoms. The average Bonchev–Trinajstić information content (AvgIpc) is 1.81. The first-order valence-corrected chi connectivity index (χ1v) is 6.22. The Bertz CT molecular complexity index is 190. The highest BCUT2D eigenvalue weighted by molar-refractivity contribution is 8.45. The van der Waals surface area contributed by atoms with E-state index in [0.717, 1.165) is 0 Å². The Morgan fingerprint density at radius 3 is 1.38 bits per heavy atom. The predicted molar refractivity (Wildman–Crippen MR) is 47.2 cm³/mol. The third kappa shape index (κ3) is 6.37. The van der Waals surface area contributed by atoms with Gasteiger partial charge in [0.05, 0.1) is 4.87 Å². The van der Waals surface area contributed by atoms with Gasteiger partial charge >= 0.3 is 0 Å². The Morgan fingerprint density at radius 2 is 1.31 bits per heavy atom. The zero-order chi connectivity index (χ0) is 11.0. The molecule has 0 aliphatic rings. The molecule has 0 aromatic heterocycles. The molecule has 84 valence electrons. The largest absolute Gasteiger partial charge is 0.287 e. The summed E-state index contributed by atoms with van der Waals surface area (Å²) in [4.78, 5) is -1.86. The van der Waals surface area contributed by atoms with E-state index in [2.05, 4.69) is 0 Å². The summed E-state index contributed by atoms with van der Waals surface area (Å²) >= 11 is 5.40. The van der Waals surface area contributed by atoms with Crippen LogP contribution < -0.4 is 0 Å². The van der Waals surface area contributed by atoms with Crippen LogP contribution in [-0.4, -0.2) is 10.6 Å². The van der Waals surface area contributed by atoms with E-state index in [1.807, 2.05) is 0 Å². The zero-order valence-corrected chi connectivity index (χ0v) is 8.87. The highest BCUT2D eigenvalue weighted by atomic mass is 35.5. The topological polar surface area (TPSA) is 0 Å². The lowest BCUT2D eigenvalue weighted by molar-refractivity contribution is 0.348. The van der Waals surface area contributed by atoms with E-state index >= 15 is 0 Å². The van der Waals surface area contributed by atoms with Crippen LogP contribution in [0.3, 0.4) is 0 Å². The minimum Gasteiger partial charge on any atom is -0.118 e. The molecule has 0 radical (unpaired) electrons. The molecule has 0 saturated carbocycles. The van der Waals surface area contributed by atoms with E-state index < -0.39 is 20.9 Å². The molecule has 0 unspecified atom stereocenters. The monoisotopic (exact) mass is 246 g/mol. The van der Waals surface area contributed by atoms with Gasteiger partial charge in [0.15, 0.2) is 0 Å². The maximum atomic E-state index is 12.0. The van der Waals surface area contributed by atoms with Gasteiger partial charge in [-0.25, -0.2) is 0 Å². The lowest BCUT2D eigenvalue weighted by Crippen LogP contribution is -2.32. The highest BCUT2D eigenvalue weighted by Gasteiger charge is 2.66. The van der Waals surface area contributed by atoms with Gasteiger partial charge in [-0.15, -0.1) is 11.6 Å². The summed E-state index contributed by atoms with van der Waals surface area (Å²) in [5.41, 5.74) is 0. The van der Waals surface area contributed by atoms with Gasteiger partial charge < -0.3 is 0 Å². The van der Waals surface area contributed by atoms with E-state index in [9.17, 15) is 19.4 Å². The van der Waals surface area contributed by atoms with Crippen LogP contribution in [0.25, 0.3) is 0 Å². The van der Waals surface area contributed by atoms with E-state index in [4.69, 9.17) is 11.6 Å². The fraction of sp³-hybridized carbons (Fsp3) is 1.00. The van der Waals surface area contributed by atoms with Crippen molar-refractivity contribution in [1.82, 2.24) is 0 Å². The summed E-state index contributed by atoms with van der Waals surface area (Å²) in [7, 11) is -9.36. The average molecular weight is 247 g/mol. The van der Waals surface area contributed by atoms with E-state index in [1.54, 1.807) is 0 Å². The van der Waals surface area contributed by atoms with Gasteiger partial charge in [0.1, 0.15) is 5.75 Å². The summed E-state index contributed by atoms with van der Waals surface area (Å²) in [5.74, 6) is -2.18. The second kappa shape index (κ2) is 2.66. The SMILES string of the molecule is CCC(Cl)(CC)CS(F)(F)(F)(F)F. The molecule has 0 aliphatic carbocycles. The summed E-state index contributed by atoms with van der Waals surface area (Å²) in [6, 6.07) is 0. The van der Waals surface area contributed by atoms with E-state index in [-0.39, 0.29) is 12.8 Å². The molecule has 0 N–H and O–H groups in total. The van der Waals surface area contributed by atoms with Crippen molar-refractivity contribution >= 4 is 21.8 Å². The van der Waals surface area contributed by atoms with Crippen LogP contribution in [0, 0.1) is 0 Å².